The third kappa shape index (κ3) is 6.17. The maximum absolute atomic E-state index is 5.84. The Labute approximate surface area is 113 Å². The zero-order valence-electron chi connectivity index (χ0n) is 12.6. The van der Waals surface area contributed by atoms with Gasteiger partial charge in [-0.2, -0.15) is 0 Å². The summed E-state index contributed by atoms with van der Waals surface area (Å²) >= 11 is 0. The Kier molecular flexibility index (Phi) is 7.20. The molecule has 0 bridgehead atoms. The van der Waals surface area contributed by atoms with Crippen LogP contribution in [0.4, 0.5) is 0 Å². The molecule has 1 N–H and O–H groups in total. The highest BCUT2D eigenvalue weighted by molar-refractivity contribution is 4.78. The molecule has 0 aliphatic carbocycles. The zero-order chi connectivity index (χ0) is 13.4. The van der Waals surface area contributed by atoms with Crippen LogP contribution in [-0.2, 0) is 9.47 Å². The SMILES string of the molecule is CCNC(CCC(C)(C)OC)CC1CCCCO1. The molecule has 2 unspecified atom stereocenters. The highest BCUT2D eigenvalue weighted by Crippen LogP contribution is 2.22. The van der Waals surface area contributed by atoms with Gasteiger partial charge in [0.2, 0.25) is 0 Å². The van der Waals surface area contributed by atoms with Crippen molar-refractivity contribution in [2.24, 2.45) is 0 Å². The van der Waals surface area contributed by atoms with E-state index in [1.807, 2.05) is 0 Å². The summed E-state index contributed by atoms with van der Waals surface area (Å²) in [4.78, 5) is 0. The first kappa shape index (κ1) is 15.9. The minimum Gasteiger partial charge on any atom is -0.379 e. The summed E-state index contributed by atoms with van der Waals surface area (Å²) in [5, 5.41) is 3.59. The number of rotatable bonds is 8. The van der Waals surface area contributed by atoms with Crippen LogP contribution in [0, 0.1) is 0 Å². The number of hydrogen-bond donors (Lipinski definition) is 1. The normalized spacial score (nSPS) is 23.0. The van der Waals surface area contributed by atoms with Crippen molar-refractivity contribution < 1.29 is 9.47 Å². The van der Waals surface area contributed by atoms with Crippen molar-refractivity contribution in [3.63, 3.8) is 0 Å². The Balaban J connectivity index is 2.33. The molecular formula is C15H31NO2. The van der Waals surface area contributed by atoms with Crippen LogP contribution in [0.15, 0.2) is 0 Å². The third-order valence-corrected chi connectivity index (χ3v) is 3.96. The lowest BCUT2D eigenvalue weighted by atomic mass is 9.94. The van der Waals surface area contributed by atoms with Crippen LogP contribution in [0.2, 0.25) is 0 Å². The summed E-state index contributed by atoms with van der Waals surface area (Å²) in [6, 6.07) is 0.563. The fourth-order valence-electron chi connectivity index (χ4n) is 2.53. The Morgan fingerprint density at radius 3 is 2.72 bits per heavy atom. The Morgan fingerprint density at radius 2 is 2.17 bits per heavy atom. The van der Waals surface area contributed by atoms with Crippen molar-refractivity contribution in [1.82, 2.24) is 5.32 Å². The van der Waals surface area contributed by atoms with E-state index in [-0.39, 0.29) is 5.60 Å². The number of hydrogen-bond acceptors (Lipinski definition) is 3. The summed E-state index contributed by atoms with van der Waals surface area (Å²) in [6.07, 6.45) is 7.66. The zero-order valence-corrected chi connectivity index (χ0v) is 12.6. The van der Waals surface area contributed by atoms with Crippen molar-refractivity contribution in [2.75, 3.05) is 20.3 Å². The topological polar surface area (TPSA) is 30.5 Å². The largest absolute Gasteiger partial charge is 0.379 e. The molecule has 1 fully saturated rings. The van der Waals surface area contributed by atoms with Gasteiger partial charge in [0.25, 0.3) is 0 Å². The van der Waals surface area contributed by atoms with E-state index in [9.17, 15) is 0 Å². The van der Waals surface area contributed by atoms with Crippen LogP contribution < -0.4 is 5.32 Å². The number of ether oxygens (including phenoxy) is 2. The molecule has 3 heteroatoms. The van der Waals surface area contributed by atoms with Crippen molar-refractivity contribution in [3.8, 4) is 0 Å². The minimum atomic E-state index is -0.0128. The van der Waals surface area contributed by atoms with Gasteiger partial charge in [-0.25, -0.2) is 0 Å². The lowest BCUT2D eigenvalue weighted by Gasteiger charge is -2.30. The highest BCUT2D eigenvalue weighted by Gasteiger charge is 2.22. The van der Waals surface area contributed by atoms with Gasteiger partial charge in [0, 0.05) is 19.8 Å². The van der Waals surface area contributed by atoms with Crippen LogP contribution in [0.3, 0.4) is 0 Å². The molecular weight excluding hydrogens is 226 g/mol. The maximum atomic E-state index is 5.84. The van der Waals surface area contributed by atoms with Crippen LogP contribution >= 0.6 is 0 Å². The second-order valence-electron chi connectivity index (χ2n) is 5.98. The van der Waals surface area contributed by atoms with Gasteiger partial charge in [0.15, 0.2) is 0 Å². The van der Waals surface area contributed by atoms with Gasteiger partial charge in [-0.1, -0.05) is 6.92 Å². The van der Waals surface area contributed by atoms with Crippen LogP contribution in [0.25, 0.3) is 0 Å². The van der Waals surface area contributed by atoms with Gasteiger partial charge >= 0.3 is 0 Å². The maximum Gasteiger partial charge on any atom is 0.0623 e. The molecule has 3 nitrogen and oxygen atoms in total. The van der Waals surface area contributed by atoms with Crippen molar-refractivity contribution in [1.29, 1.82) is 0 Å². The quantitative estimate of drug-likeness (QED) is 0.724. The van der Waals surface area contributed by atoms with Crippen molar-refractivity contribution >= 4 is 0 Å². The third-order valence-electron chi connectivity index (χ3n) is 3.96. The van der Waals surface area contributed by atoms with E-state index in [1.54, 1.807) is 7.11 Å². The van der Waals surface area contributed by atoms with Crippen molar-refractivity contribution in [3.05, 3.63) is 0 Å². The van der Waals surface area contributed by atoms with Gasteiger partial charge in [-0.05, 0) is 58.9 Å². The molecule has 1 rings (SSSR count). The molecule has 0 amide bonds. The van der Waals surface area contributed by atoms with Crippen LogP contribution in [0.5, 0.6) is 0 Å². The molecule has 0 spiro atoms. The average molecular weight is 257 g/mol. The van der Waals surface area contributed by atoms with Crippen LogP contribution in [-0.4, -0.2) is 38.0 Å². The van der Waals surface area contributed by atoms with E-state index in [4.69, 9.17) is 9.47 Å². The predicted octanol–water partition coefficient (Wildman–Crippen LogP) is 3.13. The molecule has 2 atom stereocenters. The molecule has 0 aromatic carbocycles. The standard InChI is InChI=1S/C15H31NO2/c1-5-16-13(9-10-15(2,3)17-4)12-14-8-6-7-11-18-14/h13-14,16H,5-12H2,1-4H3. The Hall–Kier alpha value is -0.120. The molecule has 1 heterocycles. The van der Waals surface area contributed by atoms with Gasteiger partial charge in [-0.15, -0.1) is 0 Å². The fraction of sp³-hybridized carbons (Fsp3) is 1.00. The smallest absolute Gasteiger partial charge is 0.0623 e. The second-order valence-corrected chi connectivity index (χ2v) is 5.98. The first-order valence-corrected chi connectivity index (χ1v) is 7.47. The van der Waals surface area contributed by atoms with Crippen molar-refractivity contribution in [2.45, 2.75) is 77.0 Å². The summed E-state index contributed by atoms with van der Waals surface area (Å²) < 4.78 is 11.3. The van der Waals surface area contributed by atoms with Gasteiger partial charge in [-0.3, -0.25) is 0 Å². The molecule has 1 saturated heterocycles. The Bertz CT molecular complexity index is 213. The van der Waals surface area contributed by atoms with E-state index in [0.29, 0.717) is 12.1 Å². The average Bonchev–Trinajstić information content (AvgIpc) is 2.38. The molecule has 1 aliphatic rings. The summed E-state index contributed by atoms with van der Waals surface area (Å²) in [5.41, 5.74) is -0.0128. The summed E-state index contributed by atoms with van der Waals surface area (Å²) in [6.45, 7) is 8.48. The minimum absolute atomic E-state index is 0.0128. The van der Waals surface area contributed by atoms with E-state index < -0.39 is 0 Å². The van der Waals surface area contributed by atoms with E-state index in [1.165, 1.54) is 19.3 Å². The van der Waals surface area contributed by atoms with Gasteiger partial charge in [0.05, 0.1) is 11.7 Å². The number of nitrogens with one attached hydrogen (secondary N) is 1. The predicted molar refractivity (Wildman–Crippen MR) is 76.0 cm³/mol. The summed E-state index contributed by atoms with van der Waals surface area (Å²) in [7, 11) is 1.80. The molecule has 0 radical (unpaired) electrons. The highest BCUT2D eigenvalue weighted by atomic mass is 16.5. The first-order chi connectivity index (χ1) is 8.57. The lowest BCUT2D eigenvalue weighted by Crippen LogP contribution is -2.36. The van der Waals surface area contributed by atoms with Gasteiger partial charge in [0.1, 0.15) is 0 Å². The first-order valence-electron chi connectivity index (χ1n) is 7.47. The number of methoxy groups -OCH3 is 1. The molecule has 0 aromatic rings. The van der Waals surface area contributed by atoms with E-state index in [0.717, 1.165) is 32.4 Å². The molecule has 108 valence electrons. The van der Waals surface area contributed by atoms with E-state index in [2.05, 4.69) is 26.1 Å². The Morgan fingerprint density at radius 1 is 1.39 bits per heavy atom. The molecule has 1 aliphatic heterocycles. The second kappa shape index (κ2) is 8.13. The lowest BCUT2D eigenvalue weighted by molar-refractivity contribution is -0.00481. The molecule has 18 heavy (non-hydrogen) atoms. The molecule has 0 saturated carbocycles. The summed E-state index contributed by atoms with van der Waals surface area (Å²) in [5.74, 6) is 0. The monoisotopic (exact) mass is 257 g/mol. The van der Waals surface area contributed by atoms with Crippen LogP contribution in [0.1, 0.15) is 59.3 Å². The fourth-order valence-corrected chi connectivity index (χ4v) is 2.53. The van der Waals surface area contributed by atoms with E-state index >= 15 is 0 Å². The molecule has 0 aromatic heterocycles. The van der Waals surface area contributed by atoms with Gasteiger partial charge < -0.3 is 14.8 Å².